The SMILES string of the molecule is Cc1cccc(C)c1CNC(=O)N1CCC[C@H](C2(C)OCCO2)C1. The number of rotatable bonds is 3. The smallest absolute Gasteiger partial charge is 0.317 e. The van der Waals surface area contributed by atoms with Crippen LogP contribution >= 0.6 is 0 Å². The van der Waals surface area contributed by atoms with E-state index in [1.54, 1.807) is 0 Å². The van der Waals surface area contributed by atoms with Crippen molar-refractivity contribution in [3.63, 3.8) is 0 Å². The van der Waals surface area contributed by atoms with Gasteiger partial charge in [-0.1, -0.05) is 18.2 Å². The van der Waals surface area contributed by atoms with Gasteiger partial charge in [-0.3, -0.25) is 0 Å². The quantitative estimate of drug-likeness (QED) is 0.926. The molecular weight excluding hydrogens is 304 g/mol. The highest BCUT2D eigenvalue weighted by atomic mass is 16.7. The molecule has 0 bridgehead atoms. The van der Waals surface area contributed by atoms with E-state index in [0.717, 1.165) is 19.4 Å². The van der Waals surface area contributed by atoms with Crippen molar-refractivity contribution >= 4 is 6.03 Å². The number of hydrogen-bond donors (Lipinski definition) is 1. The predicted octanol–water partition coefficient (Wildman–Crippen LogP) is 2.99. The number of hydrogen-bond acceptors (Lipinski definition) is 3. The van der Waals surface area contributed by atoms with Crippen molar-refractivity contribution in [2.45, 2.75) is 45.9 Å². The Hall–Kier alpha value is -1.59. The van der Waals surface area contributed by atoms with E-state index in [1.165, 1.54) is 16.7 Å². The molecule has 1 atom stereocenters. The molecule has 0 aliphatic carbocycles. The maximum atomic E-state index is 12.6. The van der Waals surface area contributed by atoms with Crippen LogP contribution in [-0.2, 0) is 16.0 Å². The summed E-state index contributed by atoms with van der Waals surface area (Å²) in [6.07, 6.45) is 2.03. The fourth-order valence-corrected chi connectivity index (χ4v) is 3.76. The second-order valence-corrected chi connectivity index (χ2v) is 7.03. The maximum absolute atomic E-state index is 12.6. The summed E-state index contributed by atoms with van der Waals surface area (Å²) in [5, 5.41) is 3.08. The van der Waals surface area contributed by atoms with Gasteiger partial charge in [-0.25, -0.2) is 4.79 Å². The molecule has 132 valence electrons. The first-order chi connectivity index (χ1) is 11.5. The zero-order valence-corrected chi connectivity index (χ0v) is 14.9. The lowest BCUT2D eigenvalue weighted by Gasteiger charge is -2.39. The summed E-state index contributed by atoms with van der Waals surface area (Å²) < 4.78 is 11.6. The lowest BCUT2D eigenvalue weighted by molar-refractivity contribution is -0.189. The van der Waals surface area contributed by atoms with Crippen LogP contribution in [0.2, 0.25) is 0 Å². The molecule has 5 heteroatoms. The first-order valence-corrected chi connectivity index (χ1v) is 8.85. The van der Waals surface area contributed by atoms with Gasteiger partial charge < -0.3 is 19.7 Å². The number of nitrogens with zero attached hydrogens (tertiary/aromatic N) is 1. The van der Waals surface area contributed by atoms with E-state index < -0.39 is 5.79 Å². The summed E-state index contributed by atoms with van der Waals surface area (Å²) >= 11 is 0. The predicted molar refractivity (Wildman–Crippen MR) is 92.8 cm³/mol. The van der Waals surface area contributed by atoms with Crippen molar-refractivity contribution in [3.8, 4) is 0 Å². The molecule has 2 fully saturated rings. The topological polar surface area (TPSA) is 50.8 Å². The Labute approximate surface area is 144 Å². The van der Waals surface area contributed by atoms with Crippen LogP contribution in [-0.4, -0.2) is 43.0 Å². The van der Waals surface area contributed by atoms with Crippen molar-refractivity contribution in [1.82, 2.24) is 10.2 Å². The molecule has 2 amide bonds. The molecule has 0 spiro atoms. The molecule has 1 aromatic carbocycles. The van der Waals surface area contributed by atoms with E-state index in [2.05, 4.69) is 31.3 Å². The highest BCUT2D eigenvalue weighted by Crippen LogP contribution is 2.34. The average Bonchev–Trinajstić information content (AvgIpc) is 3.02. The average molecular weight is 332 g/mol. The molecular formula is C19H28N2O3. The van der Waals surface area contributed by atoms with Crippen molar-refractivity contribution in [1.29, 1.82) is 0 Å². The third-order valence-corrected chi connectivity index (χ3v) is 5.37. The van der Waals surface area contributed by atoms with E-state index in [-0.39, 0.29) is 11.9 Å². The Morgan fingerprint density at radius 1 is 1.29 bits per heavy atom. The molecule has 1 aromatic rings. The summed E-state index contributed by atoms with van der Waals surface area (Å²) in [4.78, 5) is 14.5. The summed E-state index contributed by atoms with van der Waals surface area (Å²) in [6.45, 7) is 9.52. The molecule has 2 aliphatic rings. The maximum Gasteiger partial charge on any atom is 0.317 e. The van der Waals surface area contributed by atoms with Gasteiger partial charge >= 0.3 is 6.03 Å². The Kier molecular flexibility index (Phi) is 5.11. The Bertz CT molecular complexity index is 576. The number of piperidine rings is 1. The zero-order chi connectivity index (χ0) is 17.2. The van der Waals surface area contributed by atoms with Crippen LogP contribution < -0.4 is 5.32 Å². The number of aryl methyl sites for hydroxylation is 2. The van der Waals surface area contributed by atoms with Gasteiger partial charge in [-0.05, 0) is 50.3 Å². The number of carbonyl (C=O) groups is 1. The van der Waals surface area contributed by atoms with Gasteiger partial charge in [0.1, 0.15) is 0 Å². The van der Waals surface area contributed by atoms with Crippen LogP contribution in [0.1, 0.15) is 36.5 Å². The highest BCUT2D eigenvalue weighted by molar-refractivity contribution is 5.74. The number of nitrogens with one attached hydrogen (secondary N) is 1. The summed E-state index contributed by atoms with van der Waals surface area (Å²) in [5.41, 5.74) is 3.63. The largest absolute Gasteiger partial charge is 0.347 e. The van der Waals surface area contributed by atoms with E-state index >= 15 is 0 Å². The van der Waals surface area contributed by atoms with E-state index in [4.69, 9.17) is 9.47 Å². The molecule has 0 saturated carbocycles. The van der Waals surface area contributed by atoms with E-state index in [9.17, 15) is 4.79 Å². The highest BCUT2D eigenvalue weighted by Gasteiger charge is 2.42. The fourth-order valence-electron chi connectivity index (χ4n) is 3.76. The number of likely N-dealkylation sites (tertiary alicyclic amines) is 1. The molecule has 3 rings (SSSR count). The lowest BCUT2D eigenvalue weighted by atomic mass is 9.90. The summed E-state index contributed by atoms with van der Waals surface area (Å²) in [6, 6.07) is 6.22. The van der Waals surface area contributed by atoms with Crippen molar-refractivity contribution in [3.05, 3.63) is 34.9 Å². The number of benzene rings is 1. The number of amides is 2. The molecule has 5 nitrogen and oxygen atoms in total. The van der Waals surface area contributed by atoms with Crippen LogP contribution in [0.15, 0.2) is 18.2 Å². The second kappa shape index (κ2) is 7.11. The fraction of sp³-hybridized carbons (Fsp3) is 0.632. The first-order valence-electron chi connectivity index (χ1n) is 8.85. The van der Waals surface area contributed by atoms with Gasteiger partial charge in [-0.2, -0.15) is 0 Å². The van der Waals surface area contributed by atoms with E-state index in [0.29, 0.717) is 26.3 Å². The molecule has 0 aromatic heterocycles. The number of ether oxygens (including phenoxy) is 2. The van der Waals surface area contributed by atoms with Gasteiger partial charge in [0.25, 0.3) is 0 Å². The standard InChI is InChI=1S/C19H28N2O3/c1-14-6-4-7-15(2)17(14)12-20-18(22)21-9-5-8-16(13-21)19(3)23-10-11-24-19/h4,6-7,16H,5,8-13H2,1-3H3,(H,20,22)/t16-/m0/s1. The van der Waals surface area contributed by atoms with Crippen molar-refractivity contribution < 1.29 is 14.3 Å². The monoisotopic (exact) mass is 332 g/mol. The zero-order valence-electron chi connectivity index (χ0n) is 14.9. The molecule has 2 aliphatic heterocycles. The Morgan fingerprint density at radius 3 is 2.62 bits per heavy atom. The van der Waals surface area contributed by atoms with Gasteiger partial charge in [-0.15, -0.1) is 0 Å². The van der Waals surface area contributed by atoms with Crippen LogP contribution in [0.4, 0.5) is 4.79 Å². The van der Waals surface area contributed by atoms with Crippen LogP contribution in [0.5, 0.6) is 0 Å². The van der Waals surface area contributed by atoms with Crippen LogP contribution in [0.25, 0.3) is 0 Å². The molecule has 2 saturated heterocycles. The molecule has 0 unspecified atom stereocenters. The normalized spacial score (nSPS) is 23.3. The van der Waals surface area contributed by atoms with Crippen molar-refractivity contribution in [2.24, 2.45) is 5.92 Å². The first kappa shape index (κ1) is 17.2. The Balaban J connectivity index is 1.59. The summed E-state index contributed by atoms with van der Waals surface area (Å²) in [7, 11) is 0. The molecule has 24 heavy (non-hydrogen) atoms. The minimum Gasteiger partial charge on any atom is -0.347 e. The number of urea groups is 1. The summed E-state index contributed by atoms with van der Waals surface area (Å²) in [5.74, 6) is -0.300. The third-order valence-electron chi connectivity index (χ3n) is 5.37. The van der Waals surface area contributed by atoms with Crippen molar-refractivity contribution in [2.75, 3.05) is 26.3 Å². The van der Waals surface area contributed by atoms with Crippen LogP contribution in [0, 0.1) is 19.8 Å². The minimum absolute atomic E-state index is 0.00366. The Morgan fingerprint density at radius 2 is 1.96 bits per heavy atom. The molecule has 2 heterocycles. The van der Waals surface area contributed by atoms with Gasteiger partial charge in [0, 0.05) is 25.6 Å². The molecule has 1 N–H and O–H groups in total. The van der Waals surface area contributed by atoms with Crippen LogP contribution in [0.3, 0.4) is 0 Å². The second-order valence-electron chi connectivity index (χ2n) is 7.03. The molecule has 0 radical (unpaired) electrons. The minimum atomic E-state index is -0.536. The van der Waals surface area contributed by atoms with Gasteiger partial charge in [0.15, 0.2) is 5.79 Å². The van der Waals surface area contributed by atoms with Gasteiger partial charge in [0.05, 0.1) is 13.2 Å². The lowest BCUT2D eigenvalue weighted by Crippen LogP contribution is -2.51. The van der Waals surface area contributed by atoms with E-state index in [1.807, 2.05) is 17.9 Å². The third kappa shape index (κ3) is 3.57. The van der Waals surface area contributed by atoms with Gasteiger partial charge in [0.2, 0.25) is 0 Å². The number of carbonyl (C=O) groups excluding carboxylic acids is 1.